The first-order valence-electron chi connectivity index (χ1n) is 10.5. The van der Waals surface area contributed by atoms with Crippen LogP contribution in [-0.2, 0) is 21.2 Å². The molecule has 0 fully saturated rings. The van der Waals surface area contributed by atoms with E-state index in [9.17, 15) is 18.0 Å². The lowest BCUT2D eigenvalue weighted by molar-refractivity contribution is -0.116. The molecule has 0 unspecified atom stereocenters. The highest BCUT2D eigenvalue weighted by Crippen LogP contribution is 2.15. The number of sulfonamides is 1. The van der Waals surface area contributed by atoms with Crippen molar-refractivity contribution in [3.8, 4) is 0 Å². The van der Waals surface area contributed by atoms with E-state index in [1.54, 1.807) is 24.3 Å². The molecule has 0 radical (unpaired) electrons. The predicted octanol–water partition coefficient (Wildman–Crippen LogP) is 4.20. The van der Waals surface area contributed by atoms with Crippen molar-refractivity contribution in [3.05, 3.63) is 96.1 Å². The summed E-state index contributed by atoms with van der Waals surface area (Å²) >= 11 is 0. The molecule has 2 N–H and O–H groups in total. The third kappa shape index (κ3) is 7.14. The molecule has 7 heteroatoms. The van der Waals surface area contributed by atoms with Gasteiger partial charge in [-0.2, -0.15) is 0 Å². The molecule has 0 saturated heterocycles. The maximum Gasteiger partial charge on any atom is 0.240 e. The number of carbonyl (C=O) groups is 2. The molecule has 3 rings (SSSR count). The van der Waals surface area contributed by atoms with E-state index >= 15 is 0 Å². The lowest BCUT2D eigenvalue weighted by Gasteiger charge is -2.09. The van der Waals surface area contributed by atoms with E-state index in [1.165, 1.54) is 12.1 Å². The number of hydrogen-bond donors (Lipinski definition) is 2. The molecule has 0 aliphatic carbocycles. The van der Waals surface area contributed by atoms with Crippen LogP contribution in [0.4, 0.5) is 5.69 Å². The second kappa shape index (κ2) is 11.4. The summed E-state index contributed by atoms with van der Waals surface area (Å²) < 4.78 is 27.5. The Hall–Kier alpha value is -3.29. The van der Waals surface area contributed by atoms with Gasteiger partial charge in [0.2, 0.25) is 15.9 Å². The summed E-state index contributed by atoms with van der Waals surface area (Å²) in [6, 6.07) is 24.6. The zero-order valence-electron chi connectivity index (χ0n) is 17.7. The van der Waals surface area contributed by atoms with Crippen molar-refractivity contribution >= 4 is 27.4 Å². The lowest BCUT2D eigenvalue weighted by Crippen LogP contribution is -2.26. The number of carbonyl (C=O) groups excluding carboxylic acids is 2. The molecule has 0 aromatic heterocycles. The van der Waals surface area contributed by atoms with Crippen LogP contribution in [0.15, 0.2) is 89.8 Å². The second-order valence-corrected chi connectivity index (χ2v) is 9.12. The van der Waals surface area contributed by atoms with Crippen LogP contribution in [-0.4, -0.2) is 26.7 Å². The molecule has 0 aliphatic heterocycles. The number of benzene rings is 3. The Kier molecular flexibility index (Phi) is 8.30. The Morgan fingerprint density at radius 3 is 2.03 bits per heavy atom. The minimum atomic E-state index is -3.63. The predicted molar refractivity (Wildman–Crippen MR) is 125 cm³/mol. The number of anilines is 1. The van der Waals surface area contributed by atoms with Crippen LogP contribution >= 0.6 is 0 Å². The van der Waals surface area contributed by atoms with E-state index in [2.05, 4.69) is 10.0 Å². The summed E-state index contributed by atoms with van der Waals surface area (Å²) in [5, 5.41) is 2.73. The summed E-state index contributed by atoms with van der Waals surface area (Å²) in [7, 11) is -3.63. The minimum absolute atomic E-state index is 0.00715. The van der Waals surface area contributed by atoms with Crippen molar-refractivity contribution < 1.29 is 18.0 Å². The quantitative estimate of drug-likeness (QED) is 0.428. The van der Waals surface area contributed by atoms with Gasteiger partial charge in [-0.1, -0.05) is 60.7 Å². The smallest absolute Gasteiger partial charge is 0.240 e. The first-order valence-corrected chi connectivity index (χ1v) is 11.9. The number of rotatable bonds is 11. The monoisotopic (exact) mass is 450 g/mol. The highest BCUT2D eigenvalue weighted by Gasteiger charge is 2.14. The fraction of sp³-hybridized carbons (Fsp3) is 0.200. The molecular weight excluding hydrogens is 424 g/mol. The molecule has 3 aromatic carbocycles. The Morgan fingerprint density at radius 2 is 1.38 bits per heavy atom. The van der Waals surface area contributed by atoms with Gasteiger partial charge in [-0.15, -0.1) is 0 Å². The van der Waals surface area contributed by atoms with Crippen LogP contribution in [0, 0.1) is 0 Å². The standard InChI is InChI=1S/C25H26N2O4S/c28-24(21-10-5-2-6-11-21)12-7-13-25(29)27-22-14-16-23(17-15-22)32(30,31)26-19-18-20-8-3-1-4-9-20/h1-6,8-11,14-17,26H,7,12-13,18-19H2,(H,27,29). The van der Waals surface area contributed by atoms with Gasteiger partial charge >= 0.3 is 0 Å². The zero-order valence-corrected chi connectivity index (χ0v) is 18.5. The maximum absolute atomic E-state index is 12.4. The zero-order chi connectivity index (χ0) is 22.8. The molecule has 6 nitrogen and oxygen atoms in total. The molecule has 1 amide bonds. The van der Waals surface area contributed by atoms with Gasteiger partial charge in [0.05, 0.1) is 4.90 Å². The van der Waals surface area contributed by atoms with Gasteiger partial charge in [-0.3, -0.25) is 9.59 Å². The van der Waals surface area contributed by atoms with Crippen LogP contribution in [0.5, 0.6) is 0 Å². The molecule has 32 heavy (non-hydrogen) atoms. The number of Topliss-reactive ketones (excluding diaryl/α,β-unsaturated/α-hetero) is 1. The van der Waals surface area contributed by atoms with Gasteiger partial charge in [-0.05, 0) is 42.7 Å². The Labute approximate surface area is 188 Å². The van der Waals surface area contributed by atoms with Gasteiger partial charge in [-0.25, -0.2) is 13.1 Å². The van der Waals surface area contributed by atoms with E-state index in [0.29, 0.717) is 37.1 Å². The van der Waals surface area contributed by atoms with Crippen LogP contribution in [0.25, 0.3) is 0 Å². The highest BCUT2D eigenvalue weighted by atomic mass is 32.2. The van der Waals surface area contributed by atoms with Crippen molar-refractivity contribution in [2.45, 2.75) is 30.6 Å². The van der Waals surface area contributed by atoms with E-state index in [4.69, 9.17) is 0 Å². The molecule has 166 valence electrons. The number of ketones is 1. The van der Waals surface area contributed by atoms with Gasteiger partial charge < -0.3 is 5.32 Å². The summed E-state index contributed by atoms with van der Waals surface area (Å²) in [6.45, 7) is 0.298. The Morgan fingerprint density at radius 1 is 0.750 bits per heavy atom. The number of hydrogen-bond acceptors (Lipinski definition) is 4. The van der Waals surface area contributed by atoms with E-state index < -0.39 is 10.0 Å². The fourth-order valence-electron chi connectivity index (χ4n) is 3.18. The third-order valence-electron chi connectivity index (χ3n) is 4.90. The van der Waals surface area contributed by atoms with Gasteiger partial charge in [0, 0.05) is 30.6 Å². The van der Waals surface area contributed by atoms with Crippen LogP contribution in [0.2, 0.25) is 0 Å². The Balaban J connectivity index is 1.44. The van der Waals surface area contributed by atoms with Crippen molar-refractivity contribution in [3.63, 3.8) is 0 Å². The topological polar surface area (TPSA) is 92.3 Å². The van der Waals surface area contributed by atoms with Crippen molar-refractivity contribution in [1.29, 1.82) is 0 Å². The van der Waals surface area contributed by atoms with Gasteiger partial charge in [0.15, 0.2) is 5.78 Å². The average Bonchev–Trinajstić information content (AvgIpc) is 2.80. The molecule has 0 saturated carbocycles. The van der Waals surface area contributed by atoms with Crippen molar-refractivity contribution in [2.24, 2.45) is 0 Å². The fourth-order valence-corrected chi connectivity index (χ4v) is 4.21. The normalized spacial score (nSPS) is 11.1. The van der Waals surface area contributed by atoms with Crippen molar-refractivity contribution in [1.82, 2.24) is 4.72 Å². The molecule has 0 bridgehead atoms. The van der Waals surface area contributed by atoms with E-state index in [0.717, 1.165) is 5.56 Å². The molecule has 0 heterocycles. The maximum atomic E-state index is 12.4. The largest absolute Gasteiger partial charge is 0.326 e. The first kappa shape index (κ1) is 23.4. The van der Waals surface area contributed by atoms with Crippen LogP contribution in [0.3, 0.4) is 0 Å². The average molecular weight is 451 g/mol. The van der Waals surface area contributed by atoms with Gasteiger partial charge in [0.25, 0.3) is 0 Å². The van der Waals surface area contributed by atoms with Crippen LogP contribution < -0.4 is 10.0 Å². The molecule has 0 spiro atoms. The van der Waals surface area contributed by atoms with Crippen LogP contribution in [0.1, 0.15) is 35.2 Å². The highest BCUT2D eigenvalue weighted by molar-refractivity contribution is 7.89. The number of nitrogens with one attached hydrogen (secondary N) is 2. The van der Waals surface area contributed by atoms with Crippen molar-refractivity contribution in [2.75, 3.05) is 11.9 Å². The molecule has 0 aliphatic rings. The summed E-state index contributed by atoms with van der Waals surface area (Å²) in [5.41, 5.74) is 2.20. The summed E-state index contributed by atoms with van der Waals surface area (Å²) in [6.07, 6.45) is 1.54. The lowest BCUT2D eigenvalue weighted by atomic mass is 10.1. The third-order valence-corrected chi connectivity index (χ3v) is 6.38. The summed E-state index contributed by atoms with van der Waals surface area (Å²) in [5.74, 6) is -0.213. The molecule has 0 atom stereocenters. The minimum Gasteiger partial charge on any atom is -0.326 e. The summed E-state index contributed by atoms with van der Waals surface area (Å²) in [4.78, 5) is 24.3. The van der Waals surface area contributed by atoms with Gasteiger partial charge in [0.1, 0.15) is 0 Å². The molecular formula is C25H26N2O4S. The Bertz CT molecular complexity index is 1130. The second-order valence-electron chi connectivity index (χ2n) is 7.35. The van der Waals surface area contributed by atoms with E-state index in [-0.39, 0.29) is 23.0 Å². The SMILES string of the molecule is O=C(CCCC(=O)c1ccccc1)Nc1ccc(S(=O)(=O)NCCc2ccccc2)cc1. The number of amides is 1. The molecule has 3 aromatic rings. The van der Waals surface area contributed by atoms with E-state index in [1.807, 2.05) is 48.5 Å². The first-order chi connectivity index (χ1) is 15.4.